The van der Waals surface area contributed by atoms with Crippen molar-refractivity contribution >= 4 is 22.7 Å². The molecular weight excluding hydrogens is 268 g/mol. The third-order valence-corrected chi connectivity index (χ3v) is 3.84. The van der Waals surface area contributed by atoms with Crippen LogP contribution < -0.4 is 4.90 Å². The average Bonchev–Trinajstić information content (AvgIpc) is 2.48. The summed E-state index contributed by atoms with van der Waals surface area (Å²) in [5.74, 6) is -0.224. The number of aromatic nitrogens is 1. The molecule has 3 rings (SSSR count). The number of carbonyl (C=O) groups is 1. The van der Waals surface area contributed by atoms with Crippen LogP contribution in [0, 0.1) is 0 Å². The second-order valence-corrected chi connectivity index (χ2v) is 5.50. The maximum atomic E-state index is 11.5. The summed E-state index contributed by atoms with van der Waals surface area (Å²) < 4.78 is 5.62. The van der Waals surface area contributed by atoms with Crippen LogP contribution in [0.3, 0.4) is 0 Å². The molecule has 0 amide bonds. The smallest absolute Gasteiger partial charge is 0.336 e. The van der Waals surface area contributed by atoms with E-state index < -0.39 is 5.97 Å². The van der Waals surface area contributed by atoms with Crippen LogP contribution >= 0.6 is 0 Å². The molecule has 2 atom stereocenters. The largest absolute Gasteiger partial charge is 0.478 e. The zero-order valence-corrected chi connectivity index (χ0v) is 12.1. The molecule has 110 valence electrons. The Morgan fingerprint density at radius 2 is 2.14 bits per heavy atom. The first kappa shape index (κ1) is 13.8. The van der Waals surface area contributed by atoms with E-state index in [1.165, 1.54) is 0 Å². The zero-order chi connectivity index (χ0) is 15.0. The van der Waals surface area contributed by atoms with Gasteiger partial charge in [0.25, 0.3) is 0 Å². The van der Waals surface area contributed by atoms with E-state index in [9.17, 15) is 9.90 Å². The Morgan fingerprint density at radius 1 is 1.38 bits per heavy atom. The van der Waals surface area contributed by atoms with Crippen LogP contribution in [0.2, 0.25) is 0 Å². The minimum absolute atomic E-state index is 0.114. The molecule has 1 N–H and O–H groups in total. The molecule has 5 heteroatoms. The Morgan fingerprint density at radius 3 is 2.90 bits per heavy atom. The highest BCUT2D eigenvalue weighted by molar-refractivity contribution is 6.03. The highest BCUT2D eigenvalue weighted by Gasteiger charge is 2.26. The van der Waals surface area contributed by atoms with Crippen molar-refractivity contribution in [2.75, 3.05) is 18.1 Å². The lowest BCUT2D eigenvalue weighted by Gasteiger charge is -2.37. The number of anilines is 1. The third kappa shape index (κ3) is 2.56. The maximum absolute atomic E-state index is 11.5. The van der Waals surface area contributed by atoms with Crippen molar-refractivity contribution in [3.63, 3.8) is 0 Å². The van der Waals surface area contributed by atoms with Gasteiger partial charge in [-0.3, -0.25) is 0 Å². The highest BCUT2D eigenvalue weighted by Crippen LogP contribution is 2.26. The van der Waals surface area contributed by atoms with Gasteiger partial charge in [0.2, 0.25) is 0 Å². The Labute approximate surface area is 123 Å². The molecule has 2 heterocycles. The van der Waals surface area contributed by atoms with Crippen LogP contribution in [-0.2, 0) is 4.74 Å². The van der Waals surface area contributed by atoms with Crippen LogP contribution in [0.4, 0.5) is 5.82 Å². The van der Waals surface area contributed by atoms with E-state index in [4.69, 9.17) is 4.74 Å². The van der Waals surface area contributed by atoms with Gasteiger partial charge in [0.05, 0.1) is 29.8 Å². The second kappa shape index (κ2) is 5.33. The second-order valence-electron chi connectivity index (χ2n) is 5.50. The first-order valence-corrected chi connectivity index (χ1v) is 7.07. The van der Waals surface area contributed by atoms with Gasteiger partial charge in [-0.2, -0.15) is 0 Å². The minimum Gasteiger partial charge on any atom is -0.478 e. The van der Waals surface area contributed by atoms with Crippen LogP contribution in [0.15, 0.2) is 30.3 Å². The van der Waals surface area contributed by atoms with Gasteiger partial charge >= 0.3 is 5.97 Å². The van der Waals surface area contributed by atoms with Crippen molar-refractivity contribution < 1.29 is 14.6 Å². The van der Waals surface area contributed by atoms with Crippen LogP contribution in [0.5, 0.6) is 0 Å². The summed E-state index contributed by atoms with van der Waals surface area (Å²) in [7, 11) is 0. The first-order valence-electron chi connectivity index (χ1n) is 7.07. The van der Waals surface area contributed by atoms with Gasteiger partial charge in [-0.1, -0.05) is 18.2 Å². The fraction of sp³-hybridized carbons (Fsp3) is 0.375. The van der Waals surface area contributed by atoms with Gasteiger partial charge in [0.1, 0.15) is 5.82 Å². The summed E-state index contributed by atoms with van der Waals surface area (Å²) >= 11 is 0. The number of para-hydroxylation sites is 1. The molecule has 0 radical (unpaired) electrons. The van der Waals surface area contributed by atoms with Gasteiger partial charge < -0.3 is 14.7 Å². The van der Waals surface area contributed by atoms with Crippen LogP contribution in [-0.4, -0.2) is 41.4 Å². The fourth-order valence-electron chi connectivity index (χ4n) is 2.71. The lowest BCUT2D eigenvalue weighted by molar-refractivity contribution is 0.0340. The van der Waals surface area contributed by atoms with E-state index in [-0.39, 0.29) is 12.1 Å². The molecular formula is C16H18N2O3. The predicted octanol–water partition coefficient (Wildman–Crippen LogP) is 2.55. The summed E-state index contributed by atoms with van der Waals surface area (Å²) in [6.07, 6.45) is 0.114. The molecule has 1 aliphatic rings. The molecule has 2 unspecified atom stereocenters. The molecule has 2 aromatic rings. The third-order valence-electron chi connectivity index (χ3n) is 3.84. The molecule has 1 fully saturated rings. The number of nitrogens with zero attached hydrogens (tertiary/aromatic N) is 2. The summed E-state index contributed by atoms with van der Waals surface area (Å²) in [5.41, 5.74) is 1.00. The van der Waals surface area contributed by atoms with E-state index in [0.717, 1.165) is 0 Å². The van der Waals surface area contributed by atoms with E-state index >= 15 is 0 Å². The predicted molar refractivity (Wildman–Crippen MR) is 80.9 cm³/mol. The van der Waals surface area contributed by atoms with Crippen molar-refractivity contribution in [3.05, 3.63) is 35.9 Å². The van der Waals surface area contributed by atoms with Crippen molar-refractivity contribution in [2.45, 2.75) is 26.0 Å². The lowest BCUT2D eigenvalue weighted by atomic mass is 10.1. The number of carboxylic acid groups (broad SMARTS) is 1. The number of pyridine rings is 1. The van der Waals surface area contributed by atoms with Gasteiger partial charge in [-0.05, 0) is 26.0 Å². The fourth-order valence-corrected chi connectivity index (χ4v) is 2.71. The first-order chi connectivity index (χ1) is 10.1. The number of hydrogen-bond acceptors (Lipinski definition) is 4. The Balaban J connectivity index is 2.12. The van der Waals surface area contributed by atoms with Crippen LogP contribution in [0.25, 0.3) is 10.9 Å². The SMILES string of the molecule is CC1CN(c2cc(C(=O)O)c3ccccc3n2)C(C)CO1. The molecule has 0 aliphatic carbocycles. The average molecular weight is 286 g/mol. The van der Waals surface area contributed by atoms with Gasteiger partial charge in [0, 0.05) is 11.9 Å². The number of carboxylic acids is 1. The maximum Gasteiger partial charge on any atom is 0.336 e. The molecule has 1 saturated heterocycles. The van der Waals surface area contributed by atoms with E-state index in [2.05, 4.69) is 16.8 Å². The highest BCUT2D eigenvalue weighted by atomic mass is 16.5. The molecule has 1 aromatic heterocycles. The number of rotatable bonds is 2. The normalized spacial score (nSPS) is 22.5. The van der Waals surface area contributed by atoms with Crippen LogP contribution in [0.1, 0.15) is 24.2 Å². The molecule has 5 nitrogen and oxygen atoms in total. The van der Waals surface area contributed by atoms with Gasteiger partial charge in [-0.25, -0.2) is 9.78 Å². The van der Waals surface area contributed by atoms with E-state index in [0.29, 0.717) is 35.4 Å². The Kier molecular flexibility index (Phi) is 3.51. The van der Waals surface area contributed by atoms with Crippen molar-refractivity contribution in [1.82, 2.24) is 4.98 Å². The molecule has 0 bridgehead atoms. The lowest BCUT2D eigenvalue weighted by Crippen LogP contribution is -2.47. The molecule has 21 heavy (non-hydrogen) atoms. The molecule has 1 aliphatic heterocycles. The number of fused-ring (bicyclic) bond motifs is 1. The molecule has 1 aromatic carbocycles. The number of aromatic carboxylic acids is 1. The number of benzene rings is 1. The van der Waals surface area contributed by atoms with Crippen molar-refractivity contribution in [1.29, 1.82) is 0 Å². The van der Waals surface area contributed by atoms with Gasteiger partial charge in [0.15, 0.2) is 0 Å². The summed E-state index contributed by atoms with van der Waals surface area (Å²) in [4.78, 5) is 18.3. The molecule has 0 spiro atoms. The number of morpholine rings is 1. The summed E-state index contributed by atoms with van der Waals surface area (Å²) in [6, 6.07) is 9.18. The molecule has 0 saturated carbocycles. The minimum atomic E-state index is -0.927. The number of hydrogen-bond donors (Lipinski definition) is 1. The summed E-state index contributed by atoms with van der Waals surface area (Å²) in [5, 5.41) is 10.1. The van der Waals surface area contributed by atoms with Gasteiger partial charge in [-0.15, -0.1) is 0 Å². The monoisotopic (exact) mass is 286 g/mol. The number of ether oxygens (including phenoxy) is 1. The zero-order valence-electron chi connectivity index (χ0n) is 12.1. The van der Waals surface area contributed by atoms with Crippen molar-refractivity contribution in [2.24, 2.45) is 0 Å². The van der Waals surface area contributed by atoms with Crippen molar-refractivity contribution in [3.8, 4) is 0 Å². The quantitative estimate of drug-likeness (QED) is 0.919. The Hall–Kier alpha value is -2.14. The van der Waals surface area contributed by atoms with E-state index in [1.54, 1.807) is 12.1 Å². The summed E-state index contributed by atoms with van der Waals surface area (Å²) in [6.45, 7) is 5.41. The standard InChI is InChI=1S/C16H18N2O3/c1-10-9-21-11(2)8-18(10)15-7-13(16(19)20)12-5-3-4-6-14(12)17-15/h3-7,10-11H,8-9H2,1-2H3,(H,19,20). The Bertz CT molecular complexity index is 686. The van der Waals surface area contributed by atoms with E-state index in [1.807, 2.05) is 25.1 Å². The topological polar surface area (TPSA) is 62.7 Å².